The van der Waals surface area contributed by atoms with Gasteiger partial charge in [0.15, 0.2) is 0 Å². The molecule has 10 heavy (non-hydrogen) atoms. The molecule has 0 amide bonds. The van der Waals surface area contributed by atoms with Gasteiger partial charge in [0, 0.05) is 27.2 Å². The normalized spacial score (nSPS) is 7.80. The minimum absolute atomic E-state index is 0. The van der Waals surface area contributed by atoms with Gasteiger partial charge in [-0.15, -0.1) is 5.10 Å². The van der Waals surface area contributed by atoms with Crippen LogP contribution in [0.25, 0.3) is 0 Å². The maximum atomic E-state index is 3.77. The fourth-order valence-electron chi connectivity index (χ4n) is 0.451. The summed E-state index contributed by atoms with van der Waals surface area (Å²) in [5, 5.41) is 7.48. The van der Waals surface area contributed by atoms with E-state index in [0.717, 1.165) is 5.82 Å². The van der Waals surface area contributed by atoms with Crippen LogP contribution in [0.5, 0.6) is 0 Å². The maximum absolute atomic E-state index is 3.77. The molecule has 0 aromatic carbocycles. The van der Waals surface area contributed by atoms with Crippen LogP contribution in [0.1, 0.15) is 11.6 Å². The molecule has 1 aromatic rings. The number of aryl methyl sites for hydroxylation is 1. The molecule has 0 bridgehead atoms. The summed E-state index contributed by atoms with van der Waals surface area (Å²) in [5.74, 6) is 1.61. The van der Waals surface area contributed by atoms with Crippen LogP contribution in [0.15, 0.2) is 0 Å². The van der Waals surface area contributed by atoms with E-state index in [1.165, 1.54) is 0 Å². The Morgan fingerprint density at radius 3 is 2.00 bits per heavy atom. The predicted molar refractivity (Wildman–Crippen MR) is 36.6 cm³/mol. The van der Waals surface area contributed by atoms with E-state index in [1.54, 1.807) is 0 Å². The third kappa shape index (κ3) is 2.12. The van der Waals surface area contributed by atoms with Crippen molar-refractivity contribution >= 4 is 0 Å². The Morgan fingerprint density at radius 1 is 1.40 bits per heavy atom. The summed E-state index contributed by atoms with van der Waals surface area (Å²) in [5.41, 5.74) is 0. The van der Waals surface area contributed by atoms with Crippen molar-refractivity contribution in [3.8, 4) is 0 Å². The second kappa shape index (κ2) is 4.47. The summed E-state index contributed by atoms with van der Waals surface area (Å²) in [6, 6.07) is 0. The fourth-order valence-corrected chi connectivity index (χ4v) is 0.451. The Balaban J connectivity index is 0. The van der Waals surface area contributed by atoms with Gasteiger partial charge in [-0.2, -0.15) is 5.10 Å². The van der Waals surface area contributed by atoms with E-state index in [1.807, 2.05) is 18.5 Å². The number of hydrogen-bond acceptors (Lipinski definition) is 2. The maximum Gasteiger partial charge on any atom is 0.127 e. The molecular weight excluding hydrogens is 306 g/mol. The van der Waals surface area contributed by atoms with E-state index in [-0.39, 0.29) is 27.5 Å². The average Bonchev–Trinajstić information content (AvgIpc) is 1.98. The first-order chi connectivity index (χ1) is 3.72. The largest absolute Gasteiger partial charge is 0.358 e. The Hall–Kier alpha value is -0.341. The van der Waals surface area contributed by atoms with Crippen LogP contribution in [-0.2, 0) is 27.2 Å². The molecule has 0 saturated carbocycles. The summed E-state index contributed by atoms with van der Waals surface area (Å²) < 4.78 is 1.83. The molecule has 0 fully saturated rings. The quantitative estimate of drug-likeness (QED) is 0.661. The van der Waals surface area contributed by atoms with Gasteiger partial charge >= 0.3 is 0 Å². The van der Waals surface area contributed by atoms with E-state index >= 15 is 0 Å². The molecule has 0 saturated heterocycles. The summed E-state index contributed by atoms with van der Waals surface area (Å²) in [6.45, 7) is 5.52. The van der Waals surface area contributed by atoms with E-state index in [2.05, 4.69) is 17.1 Å². The molecular formula is C6H11IrN3-2. The summed E-state index contributed by atoms with van der Waals surface area (Å²) in [7, 11) is 1.89. The van der Waals surface area contributed by atoms with E-state index in [9.17, 15) is 0 Å². The first kappa shape index (κ1) is 12.3. The number of hydrogen-bond donors (Lipinski definition) is 0. The van der Waals surface area contributed by atoms with Gasteiger partial charge in [-0.1, -0.05) is 0 Å². The fraction of sp³-hybridized carbons (Fsp3) is 0.333. The van der Waals surface area contributed by atoms with Gasteiger partial charge in [0.05, 0.1) is 0 Å². The van der Waals surface area contributed by atoms with E-state index in [0.29, 0.717) is 5.82 Å². The van der Waals surface area contributed by atoms with Gasteiger partial charge < -0.3 is 18.9 Å². The van der Waals surface area contributed by atoms with Crippen molar-refractivity contribution in [3.05, 3.63) is 26.0 Å². The van der Waals surface area contributed by atoms with Gasteiger partial charge in [0.2, 0.25) is 0 Å². The summed E-state index contributed by atoms with van der Waals surface area (Å²) in [6.07, 6.45) is 0. The second-order valence-corrected chi connectivity index (χ2v) is 1.72. The SMILES string of the molecule is [CH2-]c1nnc(C)n1C.[CH3-].[Ir]. The van der Waals surface area contributed by atoms with Crippen molar-refractivity contribution in [2.75, 3.05) is 0 Å². The minimum atomic E-state index is 0. The minimum Gasteiger partial charge on any atom is -0.358 e. The Bertz CT molecular complexity index is 175. The van der Waals surface area contributed by atoms with Crippen molar-refractivity contribution in [2.45, 2.75) is 6.92 Å². The number of rotatable bonds is 0. The predicted octanol–water partition coefficient (Wildman–Crippen LogP) is 0.753. The smallest absolute Gasteiger partial charge is 0.127 e. The first-order valence-corrected chi connectivity index (χ1v) is 2.40. The monoisotopic (exact) mass is 318 g/mol. The van der Waals surface area contributed by atoms with Crippen LogP contribution in [0.4, 0.5) is 0 Å². The Morgan fingerprint density at radius 2 is 1.90 bits per heavy atom. The molecule has 0 unspecified atom stereocenters. The third-order valence-electron chi connectivity index (χ3n) is 1.18. The first-order valence-electron chi connectivity index (χ1n) is 2.40. The molecule has 0 spiro atoms. The molecule has 3 nitrogen and oxygen atoms in total. The van der Waals surface area contributed by atoms with Gasteiger partial charge in [-0.25, -0.2) is 0 Å². The molecule has 1 rings (SSSR count). The van der Waals surface area contributed by atoms with Crippen LogP contribution in [-0.4, -0.2) is 14.8 Å². The van der Waals surface area contributed by atoms with Crippen molar-refractivity contribution in [3.63, 3.8) is 0 Å². The topological polar surface area (TPSA) is 30.7 Å². The molecule has 0 aliphatic heterocycles. The molecule has 1 aromatic heterocycles. The van der Waals surface area contributed by atoms with Crippen LogP contribution in [0.3, 0.4) is 0 Å². The van der Waals surface area contributed by atoms with Gasteiger partial charge in [0.25, 0.3) is 0 Å². The van der Waals surface area contributed by atoms with Crippen molar-refractivity contribution in [1.29, 1.82) is 0 Å². The van der Waals surface area contributed by atoms with Crippen molar-refractivity contribution in [2.24, 2.45) is 7.05 Å². The van der Waals surface area contributed by atoms with Crippen LogP contribution < -0.4 is 0 Å². The Kier molecular flexibility index (Phi) is 5.52. The summed E-state index contributed by atoms with van der Waals surface area (Å²) in [4.78, 5) is 0. The molecule has 1 radical (unpaired) electrons. The number of aromatic nitrogens is 3. The molecule has 0 aliphatic carbocycles. The average molecular weight is 317 g/mol. The molecule has 61 valence electrons. The van der Waals surface area contributed by atoms with Crippen molar-refractivity contribution in [1.82, 2.24) is 14.8 Å². The zero-order chi connectivity index (χ0) is 6.15. The molecule has 0 N–H and O–H groups in total. The Labute approximate surface area is 75.2 Å². The van der Waals surface area contributed by atoms with Gasteiger partial charge in [0.1, 0.15) is 5.82 Å². The van der Waals surface area contributed by atoms with E-state index in [4.69, 9.17) is 0 Å². The van der Waals surface area contributed by atoms with Gasteiger partial charge in [-0.05, 0) is 12.7 Å². The summed E-state index contributed by atoms with van der Waals surface area (Å²) >= 11 is 0. The molecule has 0 aliphatic rings. The number of nitrogens with zero attached hydrogens (tertiary/aromatic N) is 3. The van der Waals surface area contributed by atoms with Crippen LogP contribution in [0.2, 0.25) is 0 Å². The molecule has 4 heteroatoms. The van der Waals surface area contributed by atoms with Gasteiger partial charge in [-0.3, -0.25) is 0 Å². The third-order valence-corrected chi connectivity index (χ3v) is 1.18. The second-order valence-electron chi connectivity index (χ2n) is 1.72. The van der Waals surface area contributed by atoms with E-state index < -0.39 is 0 Å². The van der Waals surface area contributed by atoms with Crippen LogP contribution in [0, 0.1) is 21.3 Å². The zero-order valence-corrected chi connectivity index (χ0v) is 8.78. The zero-order valence-electron chi connectivity index (χ0n) is 6.38. The van der Waals surface area contributed by atoms with Crippen LogP contribution >= 0.6 is 0 Å². The molecule has 1 heterocycles. The standard InChI is InChI=1S/C5H8N3.CH3.Ir/c1-4-6-7-5(2)8(4)3;;/h1H2,2-3H3;1H3;/q2*-1;. The van der Waals surface area contributed by atoms with Crippen molar-refractivity contribution < 1.29 is 20.1 Å². The molecule has 0 atom stereocenters.